The van der Waals surface area contributed by atoms with E-state index in [-0.39, 0.29) is 17.9 Å². The molecule has 1 atom stereocenters. The van der Waals surface area contributed by atoms with Crippen LogP contribution in [0.1, 0.15) is 25.1 Å². The number of carbonyl (C=O) groups excluding carboxylic acids is 1. The third-order valence-corrected chi connectivity index (χ3v) is 3.74. The van der Waals surface area contributed by atoms with Crippen molar-refractivity contribution in [1.29, 1.82) is 0 Å². The van der Waals surface area contributed by atoms with E-state index in [9.17, 15) is 14.4 Å². The number of carboxylic acids is 1. The highest BCUT2D eigenvalue weighted by molar-refractivity contribution is 5.85. The maximum Gasteiger partial charge on any atom is 0.326 e. The fourth-order valence-corrected chi connectivity index (χ4v) is 2.36. The molecule has 25 heavy (non-hydrogen) atoms. The third kappa shape index (κ3) is 4.50. The molecular weight excluding hydrogens is 324 g/mol. The van der Waals surface area contributed by atoms with Crippen LogP contribution in [0.5, 0.6) is 0 Å². The van der Waals surface area contributed by atoms with E-state index in [4.69, 9.17) is 5.11 Å². The van der Waals surface area contributed by atoms with E-state index < -0.39 is 23.5 Å². The molecule has 1 amide bonds. The first kappa shape index (κ1) is 18.3. The van der Waals surface area contributed by atoms with E-state index in [1.165, 1.54) is 0 Å². The maximum absolute atomic E-state index is 12.3. The Kier molecular flexibility index (Phi) is 5.63. The molecule has 8 nitrogen and oxygen atoms in total. The number of hydrogen-bond acceptors (Lipinski definition) is 5. The average molecular weight is 344 g/mol. The number of carboxylic acid groups (broad SMARTS) is 1. The second kappa shape index (κ2) is 7.69. The van der Waals surface area contributed by atoms with Crippen molar-refractivity contribution in [3.63, 3.8) is 0 Å². The van der Waals surface area contributed by atoms with Gasteiger partial charge < -0.3 is 15.4 Å². The summed E-state index contributed by atoms with van der Waals surface area (Å²) in [6.45, 7) is 5.03. The van der Waals surface area contributed by atoms with Gasteiger partial charge in [0.15, 0.2) is 0 Å². The zero-order valence-corrected chi connectivity index (χ0v) is 14.2. The van der Waals surface area contributed by atoms with Gasteiger partial charge in [-0.2, -0.15) is 0 Å². The van der Waals surface area contributed by atoms with E-state index in [2.05, 4.69) is 20.3 Å². The summed E-state index contributed by atoms with van der Waals surface area (Å²) in [5.74, 6) is -1.55. The number of aromatic amines is 1. The quantitative estimate of drug-likeness (QED) is 0.715. The monoisotopic (exact) mass is 344 g/mol. The molecule has 2 aromatic rings. The molecule has 132 valence electrons. The molecular formula is C17H20N4O4. The summed E-state index contributed by atoms with van der Waals surface area (Å²) in [6.07, 6.45) is 2.95. The molecule has 0 saturated carbocycles. The van der Waals surface area contributed by atoms with Crippen LogP contribution in [-0.2, 0) is 16.0 Å². The van der Waals surface area contributed by atoms with Crippen molar-refractivity contribution in [1.82, 2.24) is 20.3 Å². The smallest absolute Gasteiger partial charge is 0.326 e. The largest absolute Gasteiger partial charge is 0.480 e. The SMILES string of the molecule is Cc1nc(-c2cccnc2)[nH]c(=O)c1CC(=O)NC(C(=O)O)C(C)C. The van der Waals surface area contributed by atoms with Crippen LogP contribution >= 0.6 is 0 Å². The van der Waals surface area contributed by atoms with Crippen molar-refractivity contribution in [2.24, 2.45) is 5.92 Å². The lowest BCUT2D eigenvalue weighted by molar-refractivity contribution is -0.143. The van der Waals surface area contributed by atoms with Crippen LogP contribution in [0.25, 0.3) is 11.4 Å². The zero-order chi connectivity index (χ0) is 18.6. The highest BCUT2D eigenvalue weighted by Gasteiger charge is 2.24. The highest BCUT2D eigenvalue weighted by Crippen LogP contribution is 2.13. The molecule has 8 heteroatoms. The van der Waals surface area contributed by atoms with Gasteiger partial charge in [0.05, 0.1) is 6.42 Å². The standard InChI is InChI=1S/C17H20N4O4/c1-9(2)14(17(24)25)20-13(22)7-12-10(3)19-15(21-16(12)23)11-5-4-6-18-8-11/h4-6,8-9,14H,7H2,1-3H3,(H,20,22)(H,24,25)(H,19,21,23). The number of rotatable bonds is 6. The van der Waals surface area contributed by atoms with Crippen LogP contribution in [-0.4, -0.2) is 38.0 Å². The van der Waals surface area contributed by atoms with Gasteiger partial charge in [-0.25, -0.2) is 9.78 Å². The van der Waals surface area contributed by atoms with Gasteiger partial charge in [0.25, 0.3) is 5.56 Å². The fourth-order valence-electron chi connectivity index (χ4n) is 2.36. The van der Waals surface area contributed by atoms with Crippen LogP contribution in [0.15, 0.2) is 29.3 Å². The Labute approximate surface area is 144 Å². The summed E-state index contributed by atoms with van der Waals surface area (Å²) >= 11 is 0. The Hall–Kier alpha value is -3.03. The van der Waals surface area contributed by atoms with Crippen LogP contribution in [0.3, 0.4) is 0 Å². The van der Waals surface area contributed by atoms with Crippen LogP contribution in [0, 0.1) is 12.8 Å². The second-order valence-corrected chi connectivity index (χ2v) is 6.02. The van der Waals surface area contributed by atoms with E-state index in [0.29, 0.717) is 17.1 Å². The van der Waals surface area contributed by atoms with E-state index in [1.54, 1.807) is 45.3 Å². The summed E-state index contributed by atoms with van der Waals surface area (Å²) < 4.78 is 0. The van der Waals surface area contributed by atoms with E-state index in [0.717, 1.165) is 0 Å². The molecule has 1 unspecified atom stereocenters. The summed E-state index contributed by atoms with van der Waals surface area (Å²) in [6, 6.07) is 2.48. The van der Waals surface area contributed by atoms with Gasteiger partial charge in [0, 0.05) is 29.2 Å². The zero-order valence-electron chi connectivity index (χ0n) is 14.2. The van der Waals surface area contributed by atoms with Gasteiger partial charge in [-0.05, 0) is 25.0 Å². The van der Waals surface area contributed by atoms with E-state index >= 15 is 0 Å². The van der Waals surface area contributed by atoms with Crippen molar-refractivity contribution in [3.8, 4) is 11.4 Å². The highest BCUT2D eigenvalue weighted by atomic mass is 16.4. The van der Waals surface area contributed by atoms with Gasteiger partial charge in [-0.1, -0.05) is 13.8 Å². The number of nitrogens with one attached hydrogen (secondary N) is 2. The van der Waals surface area contributed by atoms with Crippen molar-refractivity contribution < 1.29 is 14.7 Å². The number of aryl methyl sites for hydroxylation is 1. The van der Waals surface area contributed by atoms with Crippen LogP contribution in [0.2, 0.25) is 0 Å². The minimum atomic E-state index is -1.11. The molecule has 0 saturated heterocycles. The van der Waals surface area contributed by atoms with Gasteiger partial charge in [-0.15, -0.1) is 0 Å². The molecule has 0 aromatic carbocycles. The molecule has 0 bridgehead atoms. The van der Waals surface area contributed by atoms with Gasteiger partial charge >= 0.3 is 5.97 Å². The minimum absolute atomic E-state index is 0.207. The molecule has 0 radical (unpaired) electrons. The lowest BCUT2D eigenvalue weighted by atomic mass is 10.0. The Morgan fingerprint density at radius 1 is 1.36 bits per heavy atom. The van der Waals surface area contributed by atoms with Crippen molar-refractivity contribution in [2.45, 2.75) is 33.2 Å². The van der Waals surface area contributed by atoms with Gasteiger partial charge in [0.1, 0.15) is 11.9 Å². The molecule has 0 aliphatic heterocycles. The maximum atomic E-state index is 12.3. The summed E-state index contributed by atoms with van der Waals surface area (Å²) in [5.41, 5.74) is 0.842. The normalized spacial score (nSPS) is 12.0. The molecule has 0 aliphatic rings. The first-order chi connectivity index (χ1) is 11.8. The average Bonchev–Trinajstić information content (AvgIpc) is 2.56. The van der Waals surface area contributed by atoms with Crippen LogP contribution in [0.4, 0.5) is 0 Å². The van der Waals surface area contributed by atoms with Crippen molar-refractivity contribution in [2.75, 3.05) is 0 Å². The Balaban J connectivity index is 2.22. The number of aliphatic carboxylic acids is 1. The molecule has 3 N–H and O–H groups in total. The molecule has 2 aromatic heterocycles. The molecule has 0 aliphatic carbocycles. The second-order valence-electron chi connectivity index (χ2n) is 6.02. The first-order valence-corrected chi connectivity index (χ1v) is 7.82. The summed E-state index contributed by atoms with van der Waals surface area (Å²) in [5, 5.41) is 11.6. The number of carbonyl (C=O) groups is 2. The number of hydrogen-bond donors (Lipinski definition) is 3. The van der Waals surface area contributed by atoms with Crippen molar-refractivity contribution >= 4 is 11.9 Å². The van der Waals surface area contributed by atoms with E-state index in [1.807, 2.05) is 0 Å². The summed E-state index contributed by atoms with van der Waals surface area (Å²) in [4.78, 5) is 46.5. The first-order valence-electron chi connectivity index (χ1n) is 7.82. The van der Waals surface area contributed by atoms with Gasteiger partial charge in [-0.3, -0.25) is 14.6 Å². The van der Waals surface area contributed by atoms with Crippen molar-refractivity contribution in [3.05, 3.63) is 46.1 Å². The predicted octanol–water partition coefficient (Wildman–Crippen LogP) is 0.908. The number of aromatic nitrogens is 3. The van der Waals surface area contributed by atoms with Crippen LogP contribution < -0.4 is 10.9 Å². The Bertz CT molecular complexity index is 830. The molecule has 0 fully saturated rings. The van der Waals surface area contributed by atoms with Gasteiger partial charge in [0.2, 0.25) is 5.91 Å². The Morgan fingerprint density at radius 3 is 2.60 bits per heavy atom. The lowest BCUT2D eigenvalue weighted by Gasteiger charge is -2.18. The number of nitrogens with zero attached hydrogens (tertiary/aromatic N) is 2. The molecule has 2 heterocycles. The topological polar surface area (TPSA) is 125 Å². The number of H-pyrrole nitrogens is 1. The third-order valence-electron chi connectivity index (χ3n) is 3.74. The fraction of sp³-hybridized carbons (Fsp3) is 0.353. The summed E-state index contributed by atoms with van der Waals surface area (Å²) in [7, 11) is 0. The predicted molar refractivity (Wildman–Crippen MR) is 90.9 cm³/mol. The molecule has 0 spiro atoms. The Morgan fingerprint density at radius 2 is 2.08 bits per heavy atom. The minimum Gasteiger partial charge on any atom is -0.480 e. The number of pyridine rings is 1. The lowest BCUT2D eigenvalue weighted by Crippen LogP contribution is -2.45. The number of amides is 1. The molecule has 2 rings (SSSR count).